The van der Waals surface area contributed by atoms with Crippen molar-refractivity contribution < 1.29 is 19.1 Å². The Bertz CT molecular complexity index is 972. The topological polar surface area (TPSA) is 55.8 Å². The van der Waals surface area contributed by atoms with Crippen molar-refractivity contribution >= 4 is 51.6 Å². The maximum atomic E-state index is 12.5. The number of rotatable bonds is 8. The van der Waals surface area contributed by atoms with Gasteiger partial charge in [-0.1, -0.05) is 36.8 Å². The molecule has 0 saturated carbocycles. The largest absolute Gasteiger partial charge is 0.490 e. The lowest BCUT2D eigenvalue weighted by Gasteiger charge is -2.15. The van der Waals surface area contributed by atoms with Crippen LogP contribution in [0.25, 0.3) is 6.08 Å². The van der Waals surface area contributed by atoms with Crippen molar-refractivity contribution in [3.63, 3.8) is 0 Å². The van der Waals surface area contributed by atoms with Crippen LogP contribution in [-0.4, -0.2) is 29.2 Å². The van der Waals surface area contributed by atoms with Gasteiger partial charge in [0.05, 0.1) is 15.1 Å². The highest BCUT2D eigenvalue weighted by molar-refractivity contribution is 14.1. The van der Waals surface area contributed by atoms with Gasteiger partial charge in [-0.05, 0) is 84.0 Å². The second-order valence-corrected chi connectivity index (χ2v) is 9.03. The van der Waals surface area contributed by atoms with Crippen molar-refractivity contribution in [2.45, 2.75) is 33.8 Å². The second-order valence-electron chi connectivity index (χ2n) is 6.87. The summed E-state index contributed by atoms with van der Waals surface area (Å²) in [6, 6.07) is 12.0. The first-order chi connectivity index (χ1) is 14.4. The fraction of sp³-hybridized carbons (Fsp3) is 0.304. The molecule has 2 amide bonds. The molecule has 1 aliphatic rings. The van der Waals surface area contributed by atoms with Crippen LogP contribution in [0.3, 0.4) is 0 Å². The fourth-order valence-corrected chi connectivity index (χ4v) is 4.63. The predicted molar refractivity (Wildman–Crippen MR) is 129 cm³/mol. The Balaban J connectivity index is 1.85. The van der Waals surface area contributed by atoms with Crippen molar-refractivity contribution in [3.8, 4) is 11.5 Å². The van der Waals surface area contributed by atoms with E-state index in [-0.39, 0.29) is 11.1 Å². The molecule has 0 bridgehead atoms. The minimum atomic E-state index is -0.237. The van der Waals surface area contributed by atoms with Gasteiger partial charge in [-0.25, -0.2) is 0 Å². The number of hydrogen-bond donors (Lipinski definition) is 0. The molecule has 0 unspecified atom stereocenters. The molecule has 2 aromatic rings. The number of halogens is 1. The minimum Gasteiger partial charge on any atom is -0.490 e. The van der Waals surface area contributed by atoms with Crippen LogP contribution in [0.5, 0.6) is 11.5 Å². The molecule has 0 aromatic heterocycles. The van der Waals surface area contributed by atoms with E-state index in [1.54, 1.807) is 6.08 Å². The Morgan fingerprint density at radius 3 is 2.50 bits per heavy atom. The van der Waals surface area contributed by atoms with Gasteiger partial charge in [0.2, 0.25) is 0 Å². The first-order valence-electron chi connectivity index (χ1n) is 9.83. The van der Waals surface area contributed by atoms with Crippen LogP contribution >= 0.6 is 34.4 Å². The number of hydrogen-bond acceptors (Lipinski definition) is 5. The first kappa shape index (κ1) is 22.7. The van der Waals surface area contributed by atoms with Crippen molar-refractivity contribution in [2.24, 2.45) is 0 Å². The number of carbonyl (C=O) groups excluding carboxylic acids is 2. The van der Waals surface area contributed by atoms with Gasteiger partial charge >= 0.3 is 0 Å². The minimum absolute atomic E-state index is 0.217. The Morgan fingerprint density at radius 2 is 1.83 bits per heavy atom. The number of imide groups is 1. The van der Waals surface area contributed by atoms with Gasteiger partial charge in [0.15, 0.2) is 11.5 Å². The number of amides is 2. The van der Waals surface area contributed by atoms with E-state index in [4.69, 9.17) is 9.47 Å². The van der Waals surface area contributed by atoms with E-state index in [1.807, 2.05) is 38.1 Å². The summed E-state index contributed by atoms with van der Waals surface area (Å²) in [5, 5.41) is -0.217. The average molecular weight is 537 g/mol. The predicted octanol–water partition coefficient (Wildman–Crippen LogP) is 6.02. The number of benzene rings is 2. The van der Waals surface area contributed by atoms with E-state index in [9.17, 15) is 9.59 Å². The lowest BCUT2D eigenvalue weighted by Crippen LogP contribution is -2.28. The van der Waals surface area contributed by atoms with Crippen LogP contribution in [0.15, 0.2) is 41.3 Å². The van der Waals surface area contributed by atoms with Gasteiger partial charge in [-0.2, -0.15) is 0 Å². The molecule has 5 nitrogen and oxygen atoms in total. The van der Waals surface area contributed by atoms with E-state index >= 15 is 0 Å². The van der Waals surface area contributed by atoms with Crippen molar-refractivity contribution in [3.05, 3.63) is 61.6 Å². The molecule has 1 saturated heterocycles. The lowest BCUT2D eigenvalue weighted by molar-refractivity contribution is -0.122. The summed E-state index contributed by atoms with van der Waals surface area (Å²) in [5.74, 6) is 1.06. The molecular formula is C23H24INO4S. The van der Waals surface area contributed by atoms with Gasteiger partial charge in [-0.15, -0.1) is 0 Å². The summed E-state index contributed by atoms with van der Waals surface area (Å²) < 4.78 is 12.8. The molecule has 1 heterocycles. The van der Waals surface area contributed by atoms with Crippen LogP contribution < -0.4 is 9.47 Å². The maximum Gasteiger partial charge on any atom is 0.293 e. The lowest BCUT2D eigenvalue weighted by atomic mass is 10.1. The Kier molecular flexibility index (Phi) is 7.82. The van der Waals surface area contributed by atoms with Crippen LogP contribution in [0.2, 0.25) is 0 Å². The highest BCUT2D eigenvalue weighted by Gasteiger charge is 2.34. The third-order valence-corrected chi connectivity index (χ3v) is 6.16. The molecule has 0 spiro atoms. The molecule has 0 atom stereocenters. The van der Waals surface area contributed by atoms with Crippen molar-refractivity contribution in [1.29, 1.82) is 0 Å². The smallest absolute Gasteiger partial charge is 0.293 e. The summed E-state index contributed by atoms with van der Waals surface area (Å²) in [5.41, 5.74) is 3.08. The van der Waals surface area contributed by atoms with Gasteiger partial charge in [0, 0.05) is 6.54 Å². The molecule has 1 fully saturated rings. The zero-order chi connectivity index (χ0) is 21.7. The van der Waals surface area contributed by atoms with Gasteiger partial charge in [0.1, 0.15) is 6.61 Å². The quantitative estimate of drug-likeness (QED) is 0.305. The van der Waals surface area contributed by atoms with Gasteiger partial charge in [-0.3, -0.25) is 14.5 Å². The number of aryl methyl sites for hydroxylation is 1. The molecule has 3 rings (SSSR count). The zero-order valence-electron chi connectivity index (χ0n) is 17.2. The summed E-state index contributed by atoms with van der Waals surface area (Å²) in [4.78, 5) is 26.3. The van der Waals surface area contributed by atoms with E-state index in [0.717, 1.165) is 32.9 Å². The Labute approximate surface area is 195 Å². The number of nitrogens with zero attached hydrogens (tertiary/aromatic N) is 1. The van der Waals surface area contributed by atoms with E-state index in [2.05, 4.69) is 41.6 Å². The van der Waals surface area contributed by atoms with E-state index < -0.39 is 0 Å². The van der Waals surface area contributed by atoms with Crippen LogP contribution in [0, 0.1) is 10.5 Å². The summed E-state index contributed by atoms with van der Waals surface area (Å²) in [6.45, 7) is 7.28. The molecule has 158 valence electrons. The summed E-state index contributed by atoms with van der Waals surface area (Å²) in [6.07, 6.45) is 2.49. The van der Waals surface area contributed by atoms with E-state index in [0.29, 0.717) is 36.2 Å². The third-order valence-electron chi connectivity index (χ3n) is 4.45. The second kappa shape index (κ2) is 10.3. The number of ether oxygens (including phenoxy) is 2. The molecule has 0 N–H and O–H groups in total. The Hall–Kier alpha value is -2.00. The molecule has 2 aromatic carbocycles. The molecule has 0 aliphatic carbocycles. The SMILES string of the molecule is CCCN1C(=O)S/C(=C/c2cc(I)c(OCc3ccc(C)cc3)c(OCC)c2)C1=O. The van der Waals surface area contributed by atoms with E-state index in [1.165, 1.54) is 10.5 Å². The molecular weight excluding hydrogens is 513 g/mol. The van der Waals surface area contributed by atoms with Crippen LogP contribution in [0.1, 0.15) is 37.0 Å². The standard InChI is InChI=1S/C23H24INO4S/c1-4-10-25-22(26)20(30-23(25)27)13-17-11-18(24)21(19(12-17)28-5-2)29-14-16-8-6-15(3)7-9-16/h6-9,11-13H,4-5,10,14H2,1-3H3/b20-13+. The van der Waals surface area contributed by atoms with Gasteiger partial charge < -0.3 is 9.47 Å². The average Bonchev–Trinajstić information content (AvgIpc) is 2.97. The van der Waals surface area contributed by atoms with Crippen molar-refractivity contribution in [2.75, 3.05) is 13.2 Å². The normalized spacial score (nSPS) is 15.2. The molecule has 0 radical (unpaired) electrons. The molecule has 1 aliphatic heterocycles. The van der Waals surface area contributed by atoms with Crippen molar-refractivity contribution in [1.82, 2.24) is 4.90 Å². The number of carbonyl (C=O) groups is 2. The highest BCUT2D eigenvalue weighted by atomic mass is 127. The summed E-state index contributed by atoms with van der Waals surface area (Å²) in [7, 11) is 0. The first-order valence-corrected chi connectivity index (χ1v) is 11.7. The summed E-state index contributed by atoms with van der Waals surface area (Å²) >= 11 is 3.19. The molecule has 30 heavy (non-hydrogen) atoms. The molecule has 7 heteroatoms. The van der Waals surface area contributed by atoms with Gasteiger partial charge in [0.25, 0.3) is 11.1 Å². The Morgan fingerprint density at radius 1 is 1.10 bits per heavy atom. The zero-order valence-corrected chi connectivity index (χ0v) is 20.2. The highest BCUT2D eigenvalue weighted by Crippen LogP contribution is 2.38. The monoisotopic (exact) mass is 537 g/mol. The third kappa shape index (κ3) is 5.37. The maximum absolute atomic E-state index is 12.5. The van der Waals surface area contributed by atoms with Crippen LogP contribution in [0.4, 0.5) is 4.79 Å². The van der Waals surface area contributed by atoms with Crippen LogP contribution in [-0.2, 0) is 11.4 Å². The fourth-order valence-electron chi connectivity index (χ4n) is 2.98. The number of thioether (sulfide) groups is 1.